The van der Waals surface area contributed by atoms with Crippen LogP contribution in [-0.2, 0) is 13.6 Å². The fourth-order valence-corrected chi connectivity index (χ4v) is 6.04. The van der Waals surface area contributed by atoms with E-state index in [9.17, 15) is 9.59 Å². The molecule has 1 saturated carbocycles. The van der Waals surface area contributed by atoms with Gasteiger partial charge in [-0.3, -0.25) is 14.5 Å². The second kappa shape index (κ2) is 9.00. The van der Waals surface area contributed by atoms with Gasteiger partial charge >= 0.3 is 0 Å². The first-order valence-corrected chi connectivity index (χ1v) is 12.8. The summed E-state index contributed by atoms with van der Waals surface area (Å²) < 4.78 is 3.85. The van der Waals surface area contributed by atoms with E-state index in [0.717, 1.165) is 61.6 Å². The summed E-state index contributed by atoms with van der Waals surface area (Å²) in [5.41, 5.74) is 3.63. The molecule has 0 N–H and O–H groups in total. The highest BCUT2D eigenvalue weighted by molar-refractivity contribution is 6.17. The fourth-order valence-electron chi connectivity index (χ4n) is 6.04. The fraction of sp³-hybridized carbons (Fsp3) is 0.379. The van der Waals surface area contributed by atoms with Crippen LogP contribution in [0.4, 0.5) is 0 Å². The number of benzene rings is 2. The molecule has 1 amide bonds. The first-order chi connectivity index (χ1) is 17.1. The van der Waals surface area contributed by atoms with Gasteiger partial charge in [-0.05, 0) is 24.5 Å². The lowest BCUT2D eigenvalue weighted by Gasteiger charge is -2.35. The van der Waals surface area contributed by atoms with E-state index in [0.29, 0.717) is 24.2 Å². The third-order valence-corrected chi connectivity index (χ3v) is 7.94. The molecule has 2 fully saturated rings. The Bertz CT molecular complexity index is 1440. The summed E-state index contributed by atoms with van der Waals surface area (Å²) in [5, 5.41) is 1.78. The van der Waals surface area contributed by atoms with Gasteiger partial charge in [0.2, 0.25) is 0 Å². The Morgan fingerprint density at radius 3 is 2.34 bits per heavy atom. The van der Waals surface area contributed by atoms with E-state index in [-0.39, 0.29) is 17.5 Å². The van der Waals surface area contributed by atoms with Gasteiger partial charge in [-0.1, -0.05) is 61.4 Å². The van der Waals surface area contributed by atoms with Gasteiger partial charge in [0.05, 0.1) is 5.56 Å². The van der Waals surface area contributed by atoms with E-state index >= 15 is 0 Å². The maximum Gasteiger partial charge on any atom is 0.275 e. The zero-order chi connectivity index (χ0) is 23.9. The molecular weight excluding hydrogens is 436 g/mol. The summed E-state index contributed by atoms with van der Waals surface area (Å²) >= 11 is 0. The van der Waals surface area contributed by atoms with Gasteiger partial charge in [0.15, 0.2) is 0 Å². The third kappa shape index (κ3) is 3.86. The van der Waals surface area contributed by atoms with Crippen molar-refractivity contribution < 1.29 is 4.79 Å². The van der Waals surface area contributed by atoms with Crippen LogP contribution in [0.3, 0.4) is 0 Å². The summed E-state index contributed by atoms with van der Waals surface area (Å²) in [5.74, 6) is 0.0393. The number of nitrogens with zero attached hydrogens (tertiary/aromatic N) is 4. The highest BCUT2D eigenvalue weighted by Gasteiger charge is 2.29. The summed E-state index contributed by atoms with van der Waals surface area (Å²) in [6, 6.07) is 18.7. The second-order valence-corrected chi connectivity index (χ2v) is 10.0. The van der Waals surface area contributed by atoms with Crippen molar-refractivity contribution in [2.75, 3.05) is 26.2 Å². The number of pyridine rings is 1. The molecule has 3 heterocycles. The number of hydrogen-bond donors (Lipinski definition) is 0. The van der Waals surface area contributed by atoms with E-state index in [2.05, 4.69) is 29.2 Å². The van der Waals surface area contributed by atoms with Crippen molar-refractivity contribution in [2.45, 2.75) is 38.3 Å². The molecule has 0 unspecified atom stereocenters. The molecule has 2 aromatic carbocycles. The lowest BCUT2D eigenvalue weighted by Crippen LogP contribution is -2.48. The minimum absolute atomic E-state index is 0.0230. The molecule has 180 valence electrons. The average Bonchev–Trinajstić information content (AvgIpc) is 3.53. The van der Waals surface area contributed by atoms with Crippen LogP contribution in [0.5, 0.6) is 0 Å². The van der Waals surface area contributed by atoms with Crippen molar-refractivity contribution in [2.24, 2.45) is 7.05 Å². The molecule has 1 aliphatic heterocycles. The highest BCUT2D eigenvalue weighted by Crippen LogP contribution is 2.33. The average molecular weight is 469 g/mol. The Morgan fingerprint density at radius 2 is 1.60 bits per heavy atom. The van der Waals surface area contributed by atoms with Crippen LogP contribution in [0.2, 0.25) is 0 Å². The number of aryl methyl sites for hydroxylation is 1. The Labute approximate surface area is 205 Å². The van der Waals surface area contributed by atoms with Gasteiger partial charge in [-0.25, -0.2) is 0 Å². The molecule has 2 aromatic heterocycles. The molecule has 1 aliphatic carbocycles. The number of rotatable bonds is 4. The topological polar surface area (TPSA) is 50.5 Å². The van der Waals surface area contributed by atoms with Crippen LogP contribution in [0.1, 0.15) is 47.6 Å². The minimum Gasteiger partial charge on any atom is -0.339 e. The number of hydrogen-bond acceptors (Lipinski definition) is 3. The second-order valence-electron chi connectivity index (χ2n) is 10.0. The first kappa shape index (κ1) is 22.1. The van der Waals surface area contributed by atoms with E-state index in [1.54, 1.807) is 0 Å². The lowest BCUT2D eigenvalue weighted by atomic mass is 10.1. The van der Waals surface area contributed by atoms with E-state index in [1.807, 2.05) is 57.6 Å². The van der Waals surface area contributed by atoms with Crippen molar-refractivity contribution in [3.8, 4) is 0 Å². The number of carbonyl (C=O) groups is 1. The van der Waals surface area contributed by atoms with Crippen molar-refractivity contribution in [1.29, 1.82) is 0 Å². The molecule has 0 bridgehead atoms. The molecule has 35 heavy (non-hydrogen) atoms. The van der Waals surface area contributed by atoms with Crippen LogP contribution in [0, 0.1) is 0 Å². The van der Waals surface area contributed by atoms with Gasteiger partial charge in [-0.2, -0.15) is 0 Å². The standard InChI is InChI=1S/C29H32N4O2/c1-30-25-14-8-7-13-23(25)26-24(20-33(29(35)27(26)30)22-11-5-6-12-22)28(34)32-17-15-31(16-18-32)19-21-9-3-2-4-10-21/h2-4,7-10,13-14,20,22H,5-6,11-12,15-19H2,1H3. The number of fused-ring (bicyclic) bond motifs is 3. The zero-order valence-electron chi connectivity index (χ0n) is 20.3. The van der Waals surface area contributed by atoms with E-state index < -0.39 is 0 Å². The van der Waals surface area contributed by atoms with Crippen LogP contribution in [0.15, 0.2) is 65.6 Å². The molecule has 0 spiro atoms. The monoisotopic (exact) mass is 468 g/mol. The normalized spacial score (nSPS) is 17.6. The van der Waals surface area contributed by atoms with Gasteiger partial charge in [0, 0.05) is 68.3 Å². The summed E-state index contributed by atoms with van der Waals surface area (Å²) in [4.78, 5) is 32.1. The molecule has 4 aromatic rings. The van der Waals surface area contributed by atoms with E-state index in [1.165, 1.54) is 5.56 Å². The Morgan fingerprint density at radius 1 is 0.914 bits per heavy atom. The van der Waals surface area contributed by atoms with Crippen LogP contribution in [-0.4, -0.2) is 51.0 Å². The summed E-state index contributed by atoms with van der Waals surface area (Å²) in [6.45, 7) is 3.99. The summed E-state index contributed by atoms with van der Waals surface area (Å²) in [6.07, 6.45) is 6.15. The van der Waals surface area contributed by atoms with Gasteiger partial charge < -0.3 is 14.0 Å². The minimum atomic E-state index is 0.0230. The number of carbonyl (C=O) groups excluding carboxylic acids is 1. The SMILES string of the molecule is Cn1c2ccccc2c2c(C(=O)N3CCN(Cc4ccccc4)CC3)cn(C3CCCC3)c(=O)c21. The molecule has 6 rings (SSSR count). The third-order valence-electron chi connectivity index (χ3n) is 7.94. The quantitative estimate of drug-likeness (QED) is 0.441. The highest BCUT2D eigenvalue weighted by atomic mass is 16.2. The van der Waals surface area contributed by atoms with Crippen molar-refractivity contribution in [1.82, 2.24) is 18.9 Å². The summed E-state index contributed by atoms with van der Waals surface area (Å²) in [7, 11) is 1.95. The van der Waals surface area contributed by atoms with E-state index in [4.69, 9.17) is 0 Å². The number of amides is 1. The zero-order valence-corrected chi connectivity index (χ0v) is 20.3. The smallest absolute Gasteiger partial charge is 0.275 e. The van der Waals surface area contributed by atoms with Crippen LogP contribution >= 0.6 is 0 Å². The van der Waals surface area contributed by atoms with Crippen LogP contribution < -0.4 is 5.56 Å². The van der Waals surface area contributed by atoms with Gasteiger partial charge in [0.25, 0.3) is 11.5 Å². The Kier molecular flexibility index (Phi) is 5.69. The molecule has 0 atom stereocenters. The number of para-hydroxylation sites is 1. The lowest BCUT2D eigenvalue weighted by molar-refractivity contribution is 0.0629. The maximum atomic E-state index is 14.0. The maximum absolute atomic E-state index is 14.0. The van der Waals surface area contributed by atoms with Crippen molar-refractivity contribution in [3.63, 3.8) is 0 Å². The Balaban J connectivity index is 1.37. The molecule has 2 aliphatic rings. The van der Waals surface area contributed by atoms with Crippen molar-refractivity contribution in [3.05, 3.63) is 82.3 Å². The number of aromatic nitrogens is 2. The van der Waals surface area contributed by atoms with Crippen LogP contribution in [0.25, 0.3) is 21.8 Å². The Hall–Kier alpha value is -3.38. The number of piperazine rings is 1. The van der Waals surface area contributed by atoms with Gasteiger partial charge in [0.1, 0.15) is 5.52 Å². The predicted molar refractivity (Wildman–Crippen MR) is 140 cm³/mol. The van der Waals surface area contributed by atoms with Gasteiger partial charge in [-0.15, -0.1) is 0 Å². The predicted octanol–water partition coefficient (Wildman–Crippen LogP) is 4.57. The first-order valence-electron chi connectivity index (χ1n) is 12.8. The molecule has 6 nitrogen and oxygen atoms in total. The molecule has 0 radical (unpaired) electrons. The molecular formula is C29H32N4O2. The molecule has 6 heteroatoms. The molecule has 1 saturated heterocycles. The van der Waals surface area contributed by atoms with Crippen molar-refractivity contribution >= 4 is 27.7 Å². The largest absolute Gasteiger partial charge is 0.339 e.